The molecule has 1 heterocycles. The van der Waals surface area contributed by atoms with Gasteiger partial charge in [-0.3, -0.25) is 0 Å². The minimum atomic E-state index is 0.484. The molecule has 0 spiro atoms. The Morgan fingerprint density at radius 3 is 2.35 bits per heavy atom. The molecule has 0 aliphatic carbocycles. The Morgan fingerprint density at radius 2 is 1.77 bits per heavy atom. The summed E-state index contributed by atoms with van der Waals surface area (Å²) in [6, 6.07) is 5.84. The molecule has 142 valence electrons. The van der Waals surface area contributed by atoms with Crippen molar-refractivity contribution in [3.63, 3.8) is 0 Å². The minimum Gasteiger partial charge on any atom is -0.393 e. The van der Waals surface area contributed by atoms with Crippen LogP contribution in [0.1, 0.15) is 5.82 Å². The fourth-order valence-electron chi connectivity index (χ4n) is 2.35. The van der Waals surface area contributed by atoms with E-state index in [-0.39, 0.29) is 0 Å². The molecular weight excluding hydrogens is 466 g/mol. The van der Waals surface area contributed by atoms with E-state index in [1.54, 1.807) is 14.2 Å². The van der Waals surface area contributed by atoms with Gasteiger partial charge in [0.2, 0.25) is 0 Å². The van der Waals surface area contributed by atoms with E-state index in [0.29, 0.717) is 49.5 Å². The summed E-state index contributed by atoms with van der Waals surface area (Å²) in [5.74, 6) is 1.86. The average Bonchev–Trinajstić information content (AvgIpc) is 2.60. The molecule has 0 bridgehead atoms. The summed E-state index contributed by atoms with van der Waals surface area (Å²) in [5.41, 5.74) is 7.74. The van der Waals surface area contributed by atoms with Crippen LogP contribution in [0.4, 0.5) is 23.0 Å². The summed E-state index contributed by atoms with van der Waals surface area (Å²) >= 11 is 6.99. The van der Waals surface area contributed by atoms with Gasteiger partial charge in [0.25, 0.3) is 0 Å². The number of nitrogens with zero attached hydrogens (tertiary/aromatic N) is 3. The zero-order valence-electron chi connectivity index (χ0n) is 15.1. The van der Waals surface area contributed by atoms with E-state index in [1.807, 2.05) is 30.0 Å². The molecule has 2 aromatic rings. The zero-order valence-corrected chi connectivity index (χ0v) is 18.2. The van der Waals surface area contributed by atoms with E-state index in [4.69, 9.17) is 15.2 Å². The van der Waals surface area contributed by atoms with Crippen LogP contribution in [-0.2, 0) is 9.47 Å². The van der Waals surface area contributed by atoms with Gasteiger partial charge in [-0.15, -0.1) is 0 Å². The van der Waals surface area contributed by atoms with E-state index in [1.165, 1.54) is 0 Å². The van der Waals surface area contributed by atoms with E-state index in [2.05, 4.69) is 47.1 Å². The highest BCUT2D eigenvalue weighted by Gasteiger charge is 2.17. The Bertz CT molecular complexity index is 737. The molecular formula is C17H23Br2N5O2. The standard InChI is InChI=1S/C17H23Br2N5O2/c1-11-21-16(23-14-5-4-12(18)10-13(14)19)15(20)17(22-11)24(6-8-25-2)7-9-26-3/h4-5,10H,6-9,20H2,1-3H3,(H,21,22,23). The predicted octanol–water partition coefficient (Wildman–Crippen LogP) is 3.74. The molecule has 0 fully saturated rings. The molecule has 3 N–H and O–H groups in total. The number of methoxy groups -OCH3 is 2. The molecule has 0 aliphatic rings. The van der Waals surface area contributed by atoms with Crippen molar-refractivity contribution in [3.05, 3.63) is 33.0 Å². The van der Waals surface area contributed by atoms with Crippen molar-refractivity contribution in [1.82, 2.24) is 9.97 Å². The molecule has 26 heavy (non-hydrogen) atoms. The maximum absolute atomic E-state index is 6.39. The highest BCUT2D eigenvalue weighted by Crippen LogP contribution is 2.33. The largest absolute Gasteiger partial charge is 0.393 e. The van der Waals surface area contributed by atoms with Gasteiger partial charge in [-0.1, -0.05) is 15.9 Å². The number of nitrogens with one attached hydrogen (secondary N) is 1. The Labute approximate surface area is 170 Å². The number of benzene rings is 1. The Morgan fingerprint density at radius 1 is 1.12 bits per heavy atom. The molecule has 1 aromatic heterocycles. The van der Waals surface area contributed by atoms with Crippen molar-refractivity contribution in [2.24, 2.45) is 0 Å². The van der Waals surface area contributed by atoms with Crippen molar-refractivity contribution in [3.8, 4) is 0 Å². The van der Waals surface area contributed by atoms with Gasteiger partial charge in [-0.25, -0.2) is 9.97 Å². The number of anilines is 4. The highest BCUT2D eigenvalue weighted by atomic mass is 79.9. The summed E-state index contributed by atoms with van der Waals surface area (Å²) in [6.07, 6.45) is 0. The smallest absolute Gasteiger partial charge is 0.159 e. The van der Waals surface area contributed by atoms with Gasteiger partial charge >= 0.3 is 0 Å². The molecule has 9 heteroatoms. The summed E-state index contributed by atoms with van der Waals surface area (Å²) in [7, 11) is 3.34. The fraction of sp³-hybridized carbons (Fsp3) is 0.412. The van der Waals surface area contributed by atoms with Gasteiger partial charge in [-0.05, 0) is 41.1 Å². The van der Waals surface area contributed by atoms with Crippen LogP contribution in [0.15, 0.2) is 27.1 Å². The zero-order chi connectivity index (χ0) is 19.1. The second-order valence-corrected chi connectivity index (χ2v) is 7.35. The maximum Gasteiger partial charge on any atom is 0.159 e. The first kappa shape index (κ1) is 20.9. The predicted molar refractivity (Wildman–Crippen MR) is 112 cm³/mol. The molecule has 2 rings (SSSR count). The van der Waals surface area contributed by atoms with Gasteiger partial charge in [0.1, 0.15) is 11.5 Å². The van der Waals surface area contributed by atoms with E-state index < -0.39 is 0 Å². The van der Waals surface area contributed by atoms with Gasteiger partial charge in [0, 0.05) is 36.3 Å². The van der Waals surface area contributed by atoms with E-state index >= 15 is 0 Å². The normalized spacial score (nSPS) is 10.8. The molecule has 0 saturated carbocycles. The lowest BCUT2D eigenvalue weighted by Crippen LogP contribution is -2.32. The summed E-state index contributed by atoms with van der Waals surface area (Å²) in [5, 5.41) is 3.28. The van der Waals surface area contributed by atoms with Crippen LogP contribution in [0, 0.1) is 6.92 Å². The number of aromatic nitrogens is 2. The van der Waals surface area contributed by atoms with Crippen molar-refractivity contribution in [2.75, 3.05) is 56.5 Å². The Hall–Kier alpha value is -1.42. The third-order valence-electron chi connectivity index (χ3n) is 3.65. The van der Waals surface area contributed by atoms with Crippen LogP contribution in [0.2, 0.25) is 0 Å². The summed E-state index contributed by atoms with van der Waals surface area (Å²) < 4.78 is 12.3. The van der Waals surface area contributed by atoms with E-state index in [9.17, 15) is 0 Å². The Balaban J connectivity index is 2.36. The maximum atomic E-state index is 6.39. The van der Waals surface area contributed by atoms with Crippen LogP contribution < -0.4 is 16.0 Å². The number of nitrogens with two attached hydrogens (primary N) is 1. The second kappa shape index (κ2) is 10.1. The Kier molecular flexibility index (Phi) is 8.08. The lowest BCUT2D eigenvalue weighted by molar-refractivity contribution is 0.190. The average molecular weight is 489 g/mol. The lowest BCUT2D eigenvalue weighted by Gasteiger charge is -2.25. The monoisotopic (exact) mass is 487 g/mol. The molecule has 0 atom stereocenters. The number of halogens is 2. The van der Waals surface area contributed by atoms with Crippen LogP contribution in [-0.4, -0.2) is 50.5 Å². The molecule has 0 radical (unpaired) electrons. The molecule has 0 saturated heterocycles. The van der Waals surface area contributed by atoms with Gasteiger partial charge in [-0.2, -0.15) is 0 Å². The first-order valence-corrected chi connectivity index (χ1v) is 9.64. The van der Waals surface area contributed by atoms with Crippen molar-refractivity contribution in [2.45, 2.75) is 6.92 Å². The quantitative estimate of drug-likeness (QED) is 0.556. The molecule has 0 amide bonds. The van der Waals surface area contributed by atoms with Crippen LogP contribution >= 0.6 is 31.9 Å². The van der Waals surface area contributed by atoms with Crippen molar-refractivity contribution < 1.29 is 9.47 Å². The highest BCUT2D eigenvalue weighted by molar-refractivity contribution is 9.11. The van der Waals surface area contributed by atoms with E-state index in [0.717, 1.165) is 14.6 Å². The number of nitrogen functional groups attached to an aromatic ring is 1. The van der Waals surface area contributed by atoms with Crippen molar-refractivity contribution in [1.29, 1.82) is 0 Å². The van der Waals surface area contributed by atoms with Crippen LogP contribution in [0.5, 0.6) is 0 Å². The molecule has 0 unspecified atom stereocenters. The first-order chi connectivity index (χ1) is 12.5. The topological polar surface area (TPSA) is 85.5 Å². The van der Waals surface area contributed by atoms with Crippen molar-refractivity contribution >= 4 is 54.9 Å². The summed E-state index contributed by atoms with van der Waals surface area (Å²) in [6.45, 7) is 4.28. The van der Waals surface area contributed by atoms with Gasteiger partial charge < -0.3 is 25.4 Å². The number of rotatable bonds is 9. The molecule has 0 aliphatic heterocycles. The second-order valence-electron chi connectivity index (χ2n) is 5.58. The third kappa shape index (κ3) is 5.54. The fourth-order valence-corrected chi connectivity index (χ4v) is 3.49. The SMILES string of the molecule is COCCN(CCOC)c1nc(C)nc(Nc2ccc(Br)cc2Br)c1N. The number of hydrogen-bond donors (Lipinski definition) is 2. The third-order valence-corrected chi connectivity index (χ3v) is 4.80. The van der Waals surface area contributed by atoms with Crippen LogP contribution in [0.25, 0.3) is 0 Å². The molecule has 7 nitrogen and oxygen atoms in total. The lowest BCUT2D eigenvalue weighted by atomic mass is 10.3. The van der Waals surface area contributed by atoms with Crippen LogP contribution in [0.3, 0.4) is 0 Å². The number of aryl methyl sites for hydroxylation is 1. The number of ether oxygens (including phenoxy) is 2. The number of hydrogen-bond acceptors (Lipinski definition) is 7. The van der Waals surface area contributed by atoms with Gasteiger partial charge in [0.05, 0.1) is 18.9 Å². The summed E-state index contributed by atoms with van der Waals surface area (Å²) in [4.78, 5) is 11.0. The molecule has 1 aromatic carbocycles. The van der Waals surface area contributed by atoms with Gasteiger partial charge in [0.15, 0.2) is 11.6 Å². The minimum absolute atomic E-state index is 0.484. The first-order valence-electron chi connectivity index (χ1n) is 8.05.